The Morgan fingerprint density at radius 2 is 2.06 bits per heavy atom. The molecule has 0 aliphatic carbocycles. The summed E-state index contributed by atoms with van der Waals surface area (Å²) in [5.74, 6) is 0.824. The van der Waals surface area contributed by atoms with Crippen LogP contribution in [0, 0.1) is 0 Å². The fraction of sp³-hybridized carbons (Fsp3) is 0.538. The Labute approximate surface area is 107 Å². The highest BCUT2D eigenvalue weighted by Crippen LogP contribution is 2.31. The normalized spacial score (nSPS) is 17.2. The molecule has 1 saturated heterocycles. The Morgan fingerprint density at radius 3 is 2.59 bits per heavy atom. The zero-order valence-corrected chi connectivity index (χ0v) is 11.3. The number of ether oxygens (including phenoxy) is 1. The van der Waals surface area contributed by atoms with E-state index in [4.69, 9.17) is 10.5 Å². The molecule has 0 spiro atoms. The van der Waals surface area contributed by atoms with Gasteiger partial charge < -0.3 is 15.4 Å². The second-order valence-electron chi connectivity index (χ2n) is 4.35. The molecule has 0 atom stereocenters. The molecule has 2 N–H and O–H groups in total. The molecule has 1 aromatic rings. The van der Waals surface area contributed by atoms with Crippen molar-refractivity contribution in [1.82, 2.24) is 0 Å². The number of piperidine rings is 1. The van der Waals surface area contributed by atoms with Crippen LogP contribution in [0.15, 0.2) is 18.2 Å². The van der Waals surface area contributed by atoms with Gasteiger partial charge in [-0.25, -0.2) is 0 Å². The number of benzene rings is 1. The van der Waals surface area contributed by atoms with Crippen LogP contribution in [0.5, 0.6) is 5.75 Å². The van der Waals surface area contributed by atoms with Crippen molar-refractivity contribution in [3.63, 3.8) is 0 Å². The zero-order valence-electron chi connectivity index (χ0n) is 10.5. The molecule has 0 unspecified atom stereocenters. The minimum Gasteiger partial charge on any atom is -0.497 e. The molecule has 1 heterocycles. The smallest absolute Gasteiger partial charge is 0.121 e. The molecule has 0 radical (unpaired) electrons. The minimum absolute atomic E-state index is 0.811. The van der Waals surface area contributed by atoms with Crippen LogP contribution in [0.2, 0.25) is 0 Å². The average Bonchev–Trinajstić information content (AvgIpc) is 2.39. The van der Waals surface area contributed by atoms with Gasteiger partial charge in [0, 0.05) is 24.4 Å². The highest BCUT2D eigenvalue weighted by molar-refractivity contribution is 7.99. The molecule has 1 aliphatic heterocycles. The summed E-state index contributed by atoms with van der Waals surface area (Å²) in [6.07, 6.45) is 4.68. The average molecular weight is 252 g/mol. The molecule has 4 heteroatoms. The summed E-state index contributed by atoms with van der Waals surface area (Å²) in [6, 6.07) is 5.94. The molecule has 3 nitrogen and oxygen atoms in total. The van der Waals surface area contributed by atoms with Gasteiger partial charge in [0.1, 0.15) is 5.75 Å². The van der Waals surface area contributed by atoms with Gasteiger partial charge in [-0.15, -0.1) is 0 Å². The standard InChI is InChI=1S/C13H20N2OS/c1-16-10-3-4-13(12(14)9-10)15-7-5-11(17-2)6-8-15/h3-4,9,11H,5-8,14H2,1-2H3. The summed E-state index contributed by atoms with van der Waals surface area (Å²) in [4.78, 5) is 2.38. The second-order valence-corrected chi connectivity index (χ2v) is 5.48. The Kier molecular flexibility index (Phi) is 4.05. The van der Waals surface area contributed by atoms with E-state index in [0.717, 1.165) is 35.5 Å². The zero-order chi connectivity index (χ0) is 12.3. The second kappa shape index (κ2) is 5.54. The summed E-state index contributed by atoms with van der Waals surface area (Å²) >= 11 is 1.98. The third-order valence-corrected chi connectivity index (χ3v) is 4.49. The SMILES string of the molecule is COc1ccc(N2CCC(SC)CC2)c(N)c1. The lowest BCUT2D eigenvalue weighted by molar-refractivity contribution is 0.415. The van der Waals surface area contributed by atoms with E-state index in [1.54, 1.807) is 7.11 Å². The van der Waals surface area contributed by atoms with Gasteiger partial charge in [-0.3, -0.25) is 0 Å². The number of nitrogens with two attached hydrogens (primary N) is 1. The Morgan fingerprint density at radius 1 is 1.35 bits per heavy atom. The molecule has 0 amide bonds. The predicted octanol–water partition coefficient (Wildman–Crippen LogP) is 2.61. The van der Waals surface area contributed by atoms with Gasteiger partial charge >= 0.3 is 0 Å². The van der Waals surface area contributed by atoms with Crippen LogP contribution in [-0.4, -0.2) is 31.7 Å². The first-order chi connectivity index (χ1) is 8.24. The maximum absolute atomic E-state index is 6.07. The Bertz CT molecular complexity index is 376. The molecule has 17 heavy (non-hydrogen) atoms. The van der Waals surface area contributed by atoms with Crippen molar-refractivity contribution in [2.45, 2.75) is 18.1 Å². The number of hydrogen-bond acceptors (Lipinski definition) is 4. The largest absolute Gasteiger partial charge is 0.497 e. The lowest BCUT2D eigenvalue weighted by Gasteiger charge is -2.33. The van der Waals surface area contributed by atoms with Crippen LogP contribution in [0.4, 0.5) is 11.4 Å². The highest BCUT2D eigenvalue weighted by atomic mass is 32.2. The highest BCUT2D eigenvalue weighted by Gasteiger charge is 2.19. The van der Waals surface area contributed by atoms with Gasteiger partial charge in [-0.2, -0.15) is 11.8 Å². The Balaban J connectivity index is 2.08. The molecule has 1 aromatic carbocycles. The van der Waals surface area contributed by atoms with Crippen molar-refractivity contribution >= 4 is 23.1 Å². The fourth-order valence-corrected chi connectivity index (χ4v) is 2.96. The first-order valence-electron chi connectivity index (χ1n) is 5.96. The summed E-state index contributed by atoms with van der Waals surface area (Å²) in [5, 5.41) is 0.811. The molecule has 2 rings (SSSR count). The van der Waals surface area contributed by atoms with Crippen molar-refractivity contribution in [1.29, 1.82) is 0 Å². The number of nitrogens with zero attached hydrogens (tertiary/aromatic N) is 1. The number of anilines is 2. The van der Waals surface area contributed by atoms with Crippen LogP contribution in [0.25, 0.3) is 0 Å². The van der Waals surface area contributed by atoms with E-state index in [1.807, 2.05) is 23.9 Å². The summed E-state index contributed by atoms with van der Waals surface area (Å²) in [6.45, 7) is 2.20. The van der Waals surface area contributed by atoms with E-state index in [-0.39, 0.29) is 0 Å². The molecule has 94 valence electrons. The van der Waals surface area contributed by atoms with Crippen LogP contribution >= 0.6 is 11.8 Å². The third kappa shape index (κ3) is 2.80. The van der Waals surface area contributed by atoms with Crippen molar-refractivity contribution < 1.29 is 4.74 Å². The van der Waals surface area contributed by atoms with E-state index in [0.29, 0.717) is 0 Å². The van der Waals surface area contributed by atoms with E-state index in [9.17, 15) is 0 Å². The lowest BCUT2D eigenvalue weighted by atomic mass is 10.1. The van der Waals surface area contributed by atoms with Gasteiger partial charge in [-0.05, 0) is 31.2 Å². The summed E-state index contributed by atoms with van der Waals surface area (Å²) in [5.41, 5.74) is 8.02. The van der Waals surface area contributed by atoms with Crippen LogP contribution in [-0.2, 0) is 0 Å². The molecule has 0 bridgehead atoms. The van der Waals surface area contributed by atoms with E-state index >= 15 is 0 Å². The summed E-state index contributed by atoms with van der Waals surface area (Å²) < 4.78 is 5.17. The molecule has 0 saturated carbocycles. The summed E-state index contributed by atoms with van der Waals surface area (Å²) in [7, 11) is 1.67. The first kappa shape index (κ1) is 12.4. The van der Waals surface area contributed by atoms with Gasteiger partial charge in [0.05, 0.1) is 18.5 Å². The maximum atomic E-state index is 6.07. The van der Waals surface area contributed by atoms with Crippen molar-refractivity contribution in [3.8, 4) is 5.75 Å². The van der Waals surface area contributed by atoms with Crippen LogP contribution < -0.4 is 15.4 Å². The van der Waals surface area contributed by atoms with Gasteiger partial charge in [-0.1, -0.05) is 0 Å². The number of hydrogen-bond donors (Lipinski definition) is 1. The number of rotatable bonds is 3. The quantitative estimate of drug-likeness (QED) is 0.839. The van der Waals surface area contributed by atoms with Crippen LogP contribution in [0.1, 0.15) is 12.8 Å². The fourth-order valence-electron chi connectivity index (χ4n) is 2.28. The number of methoxy groups -OCH3 is 1. The molecular weight excluding hydrogens is 232 g/mol. The van der Waals surface area contributed by atoms with E-state index in [2.05, 4.69) is 17.2 Å². The van der Waals surface area contributed by atoms with E-state index in [1.165, 1.54) is 12.8 Å². The van der Waals surface area contributed by atoms with Gasteiger partial charge in [0.15, 0.2) is 0 Å². The minimum atomic E-state index is 0.811. The molecular formula is C13H20N2OS. The van der Waals surface area contributed by atoms with Crippen molar-refractivity contribution in [3.05, 3.63) is 18.2 Å². The number of thioether (sulfide) groups is 1. The van der Waals surface area contributed by atoms with Crippen LogP contribution in [0.3, 0.4) is 0 Å². The number of nitrogen functional groups attached to an aromatic ring is 1. The molecule has 1 aliphatic rings. The van der Waals surface area contributed by atoms with E-state index < -0.39 is 0 Å². The predicted molar refractivity (Wildman–Crippen MR) is 76.2 cm³/mol. The van der Waals surface area contributed by atoms with Gasteiger partial charge in [0.2, 0.25) is 0 Å². The van der Waals surface area contributed by atoms with Crippen molar-refractivity contribution in [2.75, 3.05) is 37.1 Å². The molecule has 1 fully saturated rings. The third-order valence-electron chi connectivity index (χ3n) is 3.35. The molecule has 0 aromatic heterocycles. The Hall–Kier alpha value is -1.03. The van der Waals surface area contributed by atoms with Crippen molar-refractivity contribution in [2.24, 2.45) is 0 Å². The van der Waals surface area contributed by atoms with Gasteiger partial charge in [0.25, 0.3) is 0 Å². The maximum Gasteiger partial charge on any atom is 0.121 e. The first-order valence-corrected chi connectivity index (χ1v) is 7.24. The topological polar surface area (TPSA) is 38.5 Å². The lowest BCUT2D eigenvalue weighted by Crippen LogP contribution is -2.35. The monoisotopic (exact) mass is 252 g/mol.